The summed E-state index contributed by atoms with van der Waals surface area (Å²) >= 11 is 0. The average Bonchev–Trinajstić information content (AvgIpc) is 2.81. The van der Waals surface area contributed by atoms with E-state index in [2.05, 4.69) is 62.1 Å². The molecule has 1 aliphatic carbocycles. The van der Waals surface area contributed by atoms with Crippen molar-refractivity contribution in [3.05, 3.63) is 65.2 Å². The number of benzene rings is 2. The lowest BCUT2D eigenvalue weighted by Crippen LogP contribution is -2.12. The minimum atomic E-state index is 0.537. The lowest BCUT2D eigenvalue weighted by Gasteiger charge is -2.26. The molecule has 2 aromatic rings. The van der Waals surface area contributed by atoms with Crippen LogP contribution in [0.3, 0.4) is 0 Å². The first-order valence-corrected chi connectivity index (χ1v) is 12.1. The Hall–Kier alpha value is -2.20. The van der Waals surface area contributed by atoms with Gasteiger partial charge in [0, 0.05) is 11.5 Å². The van der Waals surface area contributed by atoms with Crippen molar-refractivity contribution in [2.24, 2.45) is 5.92 Å². The van der Waals surface area contributed by atoms with Crippen LogP contribution in [-0.4, -0.2) is 6.61 Å². The van der Waals surface area contributed by atoms with Gasteiger partial charge in [-0.15, -0.1) is 0 Å². The highest BCUT2D eigenvalue weighted by molar-refractivity contribution is 5.38. The van der Waals surface area contributed by atoms with Crippen LogP contribution in [-0.2, 0) is 6.42 Å². The Labute approximate surface area is 184 Å². The number of ether oxygens (including phenoxy) is 1. The summed E-state index contributed by atoms with van der Waals surface area (Å²) in [5, 5.41) is 0. The van der Waals surface area contributed by atoms with Crippen LogP contribution in [0.1, 0.15) is 94.2 Å². The summed E-state index contributed by atoms with van der Waals surface area (Å²) in [4.78, 5) is 0. The molecule has 0 aliphatic heterocycles. The summed E-state index contributed by atoms with van der Waals surface area (Å²) in [6.07, 6.45) is 12.6. The van der Waals surface area contributed by atoms with Gasteiger partial charge in [0.05, 0.1) is 6.61 Å². The predicted molar refractivity (Wildman–Crippen MR) is 128 cm³/mol. The first kappa shape index (κ1) is 22.5. The lowest BCUT2D eigenvalue weighted by molar-refractivity contribution is 0.317. The Balaban J connectivity index is 1.44. The van der Waals surface area contributed by atoms with E-state index < -0.39 is 0 Å². The Kier molecular flexibility index (Phi) is 9.36. The minimum absolute atomic E-state index is 0.537. The average molecular weight is 403 g/mol. The van der Waals surface area contributed by atoms with E-state index in [1.807, 2.05) is 12.1 Å². The minimum Gasteiger partial charge on any atom is -0.494 e. The van der Waals surface area contributed by atoms with Gasteiger partial charge in [-0.25, -0.2) is 0 Å². The molecular formula is C29H38O. The fourth-order valence-corrected chi connectivity index (χ4v) is 4.32. The molecule has 1 nitrogen and oxygen atoms in total. The molecule has 160 valence electrons. The standard InChI is InChI=1S/C29H38O/c1-3-5-6-7-8-24-11-17-27(18-12-24)28-19-13-25(14-20-28)9-10-26-15-21-29(22-16-26)30-23-4-2/h11-12,15-18,21-22,25,28H,3-8,13-14,19-20,23H2,1-2H3/t25-,28-. The fourth-order valence-electron chi connectivity index (χ4n) is 4.32. The lowest BCUT2D eigenvalue weighted by atomic mass is 9.78. The van der Waals surface area contributed by atoms with Crippen LogP contribution in [0.4, 0.5) is 0 Å². The van der Waals surface area contributed by atoms with E-state index in [0.29, 0.717) is 11.8 Å². The molecule has 0 amide bonds. The zero-order valence-electron chi connectivity index (χ0n) is 19.0. The van der Waals surface area contributed by atoms with E-state index >= 15 is 0 Å². The zero-order valence-corrected chi connectivity index (χ0v) is 19.0. The van der Waals surface area contributed by atoms with E-state index in [1.165, 1.54) is 68.9 Å². The van der Waals surface area contributed by atoms with Gasteiger partial charge in [0.15, 0.2) is 0 Å². The normalized spacial score (nSPS) is 18.5. The third kappa shape index (κ3) is 7.24. The van der Waals surface area contributed by atoms with Crippen LogP contribution in [0, 0.1) is 17.8 Å². The zero-order chi connectivity index (χ0) is 21.0. The molecule has 1 aliphatic rings. The summed E-state index contributed by atoms with van der Waals surface area (Å²) in [6.45, 7) is 5.17. The van der Waals surface area contributed by atoms with Crippen molar-refractivity contribution in [1.82, 2.24) is 0 Å². The van der Waals surface area contributed by atoms with Gasteiger partial charge in [-0.3, -0.25) is 0 Å². The van der Waals surface area contributed by atoms with Crippen LogP contribution in [0.2, 0.25) is 0 Å². The van der Waals surface area contributed by atoms with Crippen molar-refractivity contribution in [1.29, 1.82) is 0 Å². The van der Waals surface area contributed by atoms with Crippen molar-refractivity contribution in [3.63, 3.8) is 0 Å². The predicted octanol–water partition coefficient (Wildman–Crippen LogP) is 7.92. The molecular weight excluding hydrogens is 364 g/mol. The number of hydrogen-bond acceptors (Lipinski definition) is 1. The molecule has 2 aromatic carbocycles. The quantitative estimate of drug-likeness (QED) is 0.306. The number of hydrogen-bond donors (Lipinski definition) is 0. The van der Waals surface area contributed by atoms with Gasteiger partial charge in [0.1, 0.15) is 5.75 Å². The number of rotatable bonds is 9. The van der Waals surface area contributed by atoms with E-state index in [9.17, 15) is 0 Å². The van der Waals surface area contributed by atoms with E-state index in [1.54, 1.807) is 0 Å². The first-order valence-electron chi connectivity index (χ1n) is 12.1. The first-order chi connectivity index (χ1) is 14.8. The van der Waals surface area contributed by atoms with Crippen molar-refractivity contribution in [2.45, 2.75) is 84.0 Å². The molecule has 3 rings (SSSR count). The van der Waals surface area contributed by atoms with Crippen LogP contribution in [0.5, 0.6) is 5.75 Å². The third-order valence-electron chi connectivity index (χ3n) is 6.25. The molecule has 30 heavy (non-hydrogen) atoms. The van der Waals surface area contributed by atoms with Gasteiger partial charge >= 0.3 is 0 Å². The number of aryl methyl sites for hydroxylation is 1. The van der Waals surface area contributed by atoms with Gasteiger partial charge in [0.2, 0.25) is 0 Å². The third-order valence-corrected chi connectivity index (χ3v) is 6.25. The smallest absolute Gasteiger partial charge is 0.119 e. The Morgan fingerprint density at radius 1 is 0.800 bits per heavy atom. The second-order valence-electron chi connectivity index (χ2n) is 8.74. The molecule has 1 saturated carbocycles. The second-order valence-corrected chi connectivity index (χ2v) is 8.74. The molecule has 0 N–H and O–H groups in total. The fraction of sp³-hybridized carbons (Fsp3) is 0.517. The maximum Gasteiger partial charge on any atom is 0.119 e. The van der Waals surface area contributed by atoms with Gasteiger partial charge in [-0.05, 0) is 86.3 Å². The summed E-state index contributed by atoms with van der Waals surface area (Å²) in [7, 11) is 0. The largest absolute Gasteiger partial charge is 0.494 e. The summed E-state index contributed by atoms with van der Waals surface area (Å²) in [6, 6.07) is 17.7. The van der Waals surface area contributed by atoms with Crippen molar-refractivity contribution in [2.75, 3.05) is 6.61 Å². The summed E-state index contributed by atoms with van der Waals surface area (Å²) in [5.41, 5.74) is 4.12. The maximum atomic E-state index is 5.65. The molecule has 0 saturated heterocycles. The van der Waals surface area contributed by atoms with Gasteiger partial charge < -0.3 is 4.74 Å². The Morgan fingerprint density at radius 3 is 2.20 bits per heavy atom. The Morgan fingerprint density at radius 2 is 1.53 bits per heavy atom. The van der Waals surface area contributed by atoms with Crippen LogP contribution in [0.15, 0.2) is 48.5 Å². The molecule has 0 spiro atoms. The van der Waals surface area contributed by atoms with E-state index in [0.717, 1.165) is 24.3 Å². The SMILES string of the molecule is CCCCCCc1ccc([C@H]2CC[C@H](C#Cc3ccc(OCCC)cc3)CC2)cc1. The topological polar surface area (TPSA) is 9.23 Å². The highest BCUT2D eigenvalue weighted by Crippen LogP contribution is 2.35. The molecule has 0 unspecified atom stereocenters. The molecule has 0 aromatic heterocycles. The Bertz CT molecular complexity index is 783. The van der Waals surface area contributed by atoms with Crippen LogP contribution >= 0.6 is 0 Å². The molecule has 0 radical (unpaired) electrons. The van der Waals surface area contributed by atoms with Crippen molar-refractivity contribution < 1.29 is 4.74 Å². The van der Waals surface area contributed by atoms with E-state index in [-0.39, 0.29) is 0 Å². The summed E-state index contributed by atoms with van der Waals surface area (Å²) < 4.78 is 5.65. The van der Waals surface area contributed by atoms with Crippen molar-refractivity contribution >= 4 is 0 Å². The molecule has 0 atom stereocenters. The van der Waals surface area contributed by atoms with Crippen LogP contribution in [0.25, 0.3) is 0 Å². The molecule has 0 heterocycles. The second kappa shape index (κ2) is 12.5. The molecule has 0 bridgehead atoms. The highest BCUT2D eigenvalue weighted by atomic mass is 16.5. The van der Waals surface area contributed by atoms with Gasteiger partial charge in [-0.2, -0.15) is 0 Å². The molecule has 1 heteroatoms. The van der Waals surface area contributed by atoms with Gasteiger partial charge in [-0.1, -0.05) is 69.2 Å². The van der Waals surface area contributed by atoms with Gasteiger partial charge in [0.25, 0.3) is 0 Å². The monoisotopic (exact) mass is 402 g/mol. The van der Waals surface area contributed by atoms with Crippen LogP contribution < -0.4 is 4.74 Å². The van der Waals surface area contributed by atoms with Crippen molar-refractivity contribution in [3.8, 4) is 17.6 Å². The number of unbranched alkanes of at least 4 members (excludes halogenated alkanes) is 3. The summed E-state index contributed by atoms with van der Waals surface area (Å²) in [5.74, 6) is 9.10. The maximum absolute atomic E-state index is 5.65. The highest BCUT2D eigenvalue weighted by Gasteiger charge is 2.21. The molecule has 1 fully saturated rings. The van der Waals surface area contributed by atoms with E-state index in [4.69, 9.17) is 4.74 Å².